The second kappa shape index (κ2) is 6.19. The number of nitrogens with one attached hydrogen (secondary N) is 2. The molecular weight excluding hydrogens is 288 g/mol. The van der Waals surface area contributed by atoms with Crippen LogP contribution in [-0.4, -0.2) is 29.7 Å². The van der Waals surface area contributed by atoms with E-state index in [9.17, 15) is 8.76 Å². The molecule has 1 unspecified atom stereocenters. The molecule has 2 N–H and O–H groups in total. The molecule has 0 spiro atoms. The van der Waals surface area contributed by atoms with Crippen LogP contribution < -0.4 is 5.32 Å². The van der Waals surface area contributed by atoms with Gasteiger partial charge in [-0.25, -0.2) is 4.98 Å². The predicted molar refractivity (Wildman–Crippen MR) is 80.9 cm³/mol. The molecule has 1 atom stereocenters. The van der Waals surface area contributed by atoms with Crippen molar-refractivity contribution < 1.29 is 8.76 Å². The standard InChI is InChI=1S/C14H16N4O2S/c19-21(20)8-2-4-11-3-1-5-13(15-11)16-14-9-12(17-18-14)10-6-7-10/h1-5,9-10H,6-8H2,(H,19,20)(H2,15,16,17,18)/p-1/b4-2+. The molecule has 21 heavy (non-hydrogen) atoms. The van der Waals surface area contributed by atoms with Crippen LogP contribution >= 0.6 is 0 Å². The zero-order chi connectivity index (χ0) is 14.7. The molecule has 6 nitrogen and oxygen atoms in total. The molecule has 3 rings (SSSR count). The fourth-order valence-electron chi connectivity index (χ4n) is 2.00. The van der Waals surface area contributed by atoms with Gasteiger partial charge in [-0.3, -0.25) is 9.31 Å². The minimum Gasteiger partial charge on any atom is -0.772 e. The van der Waals surface area contributed by atoms with Crippen molar-refractivity contribution in [2.45, 2.75) is 18.8 Å². The van der Waals surface area contributed by atoms with E-state index < -0.39 is 11.1 Å². The van der Waals surface area contributed by atoms with Crippen molar-refractivity contribution in [1.82, 2.24) is 15.2 Å². The summed E-state index contributed by atoms with van der Waals surface area (Å²) in [6, 6.07) is 7.52. The first-order valence-corrected chi connectivity index (χ1v) is 7.97. The Morgan fingerprint density at radius 3 is 3.05 bits per heavy atom. The Balaban J connectivity index is 1.67. The SMILES string of the molecule is O=S([O-])C/C=C/c1cccc(Nc2cc(C3CC3)[nH]n2)n1. The van der Waals surface area contributed by atoms with E-state index in [4.69, 9.17) is 0 Å². The topological polar surface area (TPSA) is 93.7 Å². The van der Waals surface area contributed by atoms with Crippen molar-refractivity contribution in [3.8, 4) is 0 Å². The molecule has 1 saturated carbocycles. The van der Waals surface area contributed by atoms with Gasteiger partial charge in [0.25, 0.3) is 0 Å². The maximum atomic E-state index is 10.5. The summed E-state index contributed by atoms with van der Waals surface area (Å²) >= 11 is -2.07. The third-order valence-electron chi connectivity index (χ3n) is 3.16. The van der Waals surface area contributed by atoms with Crippen LogP contribution in [0.15, 0.2) is 30.3 Å². The highest BCUT2D eigenvalue weighted by Gasteiger charge is 2.25. The summed E-state index contributed by atoms with van der Waals surface area (Å²) in [7, 11) is 0. The Kier molecular flexibility index (Phi) is 4.12. The molecule has 110 valence electrons. The lowest BCUT2D eigenvalue weighted by Gasteiger charge is -2.03. The highest BCUT2D eigenvalue weighted by atomic mass is 32.2. The molecule has 0 radical (unpaired) electrons. The zero-order valence-corrected chi connectivity index (χ0v) is 12.1. The molecule has 0 aliphatic heterocycles. The Bertz CT molecular complexity index is 679. The summed E-state index contributed by atoms with van der Waals surface area (Å²) in [6.45, 7) is 0. The van der Waals surface area contributed by atoms with Crippen LogP contribution in [-0.2, 0) is 11.1 Å². The molecule has 2 heterocycles. The van der Waals surface area contributed by atoms with E-state index in [1.54, 1.807) is 12.2 Å². The first-order valence-electron chi connectivity index (χ1n) is 6.72. The summed E-state index contributed by atoms with van der Waals surface area (Å²) in [5.74, 6) is 2.03. The van der Waals surface area contributed by atoms with Crippen molar-refractivity contribution in [2.24, 2.45) is 0 Å². The van der Waals surface area contributed by atoms with E-state index >= 15 is 0 Å². The fourth-order valence-corrected chi connectivity index (χ4v) is 2.25. The number of hydrogen-bond donors (Lipinski definition) is 2. The van der Waals surface area contributed by atoms with E-state index in [2.05, 4.69) is 20.5 Å². The molecule has 0 saturated heterocycles. The molecule has 1 fully saturated rings. The van der Waals surface area contributed by atoms with E-state index in [1.807, 2.05) is 24.3 Å². The smallest absolute Gasteiger partial charge is 0.153 e. The van der Waals surface area contributed by atoms with Gasteiger partial charge in [0.2, 0.25) is 0 Å². The van der Waals surface area contributed by atoms with Gasteiger partial charge in [0.15, 0.2) is 5.82 Å². The Morgan fingerprint density at radius 1 is 1.43 bits per heavy atom. The van der Waals surface area contributed by atoms with Gasteiger partial charge in [0, 0.05) is 23.4 Å². The number of aromatic nitrogens is 3. The number of anilines is 2. The predicted octanol–water partition coefficient (Wildman–Crippen LogP) is 2.32. The monoisotopic (exact) mass is 303 g/mol. The number of nitrogens with zero attached hydrogens (tertiary/aromatic N) is 2. The highest BCUT2D eigenvalue weighted by Crippen LogP contribution is 2.39. The van der Waals surface area contributed by atoms with Crippen LogP contribution in [0.4, 0.5) is 11.6 Å². The van der Waals surface area contributed by atoms with E-state index in [-0.39, 0.29) is 5.75 Å². The summed E-state index contributed by atoms with van der Waals surface area (Å²) in [5.41, 5.74) is 1.86. The lowest BCUT2D eigenvalue weighted by molar-refractivity contribution is 0.540. The molecule has 7 heteroatoms. The third-order valence-corrected chi connectivity index (χ3v) is 3.63. The van der Waals surface area contributed by atoms with Crippen LogP contribution in [0.5, 0.6) is 0 Å². The van der Waals surface area contributed by atoms with Crippen LogP contribution in [0.1, 0.15) is 30.1 Å². The summed E-state index contributed by atoms with van der Waals surface area (Å²) < 4.78 is 20.9. The minimum atomic E-state index is -2.07. The molecular formula is C14H15N4O2S-. The normalized spacial score (nSPS) is 16.2. The van der Waals surface area contributed by atoms with Crippen molar-refractivity contribution >= 4 is 28.8 Å². The summed E-state index contributed by atoms with van der Waals surface area (Å²) in [5, 5.41) is 10.4. The average molecular weight is 303 g/mol. The second-order valence-corrected chi connectivity index (χ2v) is 5.87. The van der Waals surface area contributed by atoms with E-state index in [0.29, 0.717) is 17.4 Å². The number of pyridine rings is 1. The Hall–Kier alpha value is -1.99. The largest absolute Gasteiger partial charge is 0.772 e. The second-order valence-electron chi connectivity index (χ2n) is 4.93. The van der Waals surface area contributed by atoms with Crippen molar-refractivity contribution in [1.29, 1.82) is 0 Å². The molecule has 2 aromatic rings. The van der Waals surface area contributed by atoms with E-state index in [0.717, 1.165) is 11.5 Å². The lowest BCUT2D eigenvalue weighted by atomic mass is 10.3. The van der Waals surface area contributed by atoms with Gasteiger partial charge in [0.1, 0.15) is 5.82 Å². The number of aromatic amines is 1. The Labute approximate surface area is 125 Å². The van der Waals surface area contributed by atoms with Crippen LogP contribution in [0.3, 0.4) is 0 Å². The average Bonchev–Trinajstić information content (AvgIpc) is 3.20. The number of H-pyrrole nitrogens is 1. The molecule has 2 aromatic heterocycles. The van der Waals surface area contributed by atoms with E-state index in [1.165, 1.54) is 12.8 Å². The van der Waals surface area contributed by atoms with Crippen molar-refractivity contribution in [3.63, 3.8) is 0 Å². The van der Waals surface area contributed by atoms with Crippen LogP contribution in [0.25, 0.3) is 6.08 Å². The van der Waals surface area contributed by atoms with Crippen LogP contribution in [0.2, 0.25) is 0 Å². The molecule has 0 bridgehead atoms. The quantitative estimate of drug-likeness (QED) is 0.799. The van der Waals surface area contributed by atoms with Gasteiger partial charge in [-0.15, -0.1) is 0 Å². The zero-order valence-electron chi connectivity index (χ0n) is 11.3. The van der Waals surface area contributed by atoms with Crippen LogP contribution in [0, 0.1) is 0 Å². The minimum absolute atomic E-state index is 0.0105. The highest BCUT2D eigenvalue weighted by molar-refractivity contribution is 7.79. The third kappa shape index (κ3) is 3.99. The summed E-state index contributed by atoms with van der Waals surface area (Å²) in [6.07, 6.45) is 5.69. The first kappa shape index (κ1) is 14.0. The number of hydrogen-bond acceptors (Lipinski definition) is 5. The maximum absolute atomic E-state index is 10.5. The number of rotatable bonds is 6. The van der Waals surface area contributed by atoms with Crippen molar-refractivity contribution in [3.05, 3.63) is 41.7 Å². The van der Waals surface area contributed by atoms with Gasteiger partial charge in [-0.1, -0.05) is 23.2 Å². The maximum Gasteiger partial charge on any atom is 0.153 e. The molecule has 1 aliphatic rings. The van der Waals surface area contributed by atoms with Gasteiger partial charge in [-0.05, 0) is 31.1 Å². The molecule has 0 amide bonds. The Morgan fingerprint density at radius 2 is 2.29 bits per heavy atom. The fraction of sp³-hybridized carbons (Fsp3) is 0.286. The van der Waals surface area contributed by atoms with Gasteiger partial charge in [0.05, 0.1) is 5.69 Å². The lowest BCUT2D eigenvalue weighted by Crippen LogP contribution is -1.95. The first-order chi connectivity index (χ1) is 10.2. The van der Waals surface area contributed by atoms with Crippen molar-refractivity contribution in [2.75, 3.05) is 11.1 Å². The van der Waals surface area contributed by atoms with Gasteiger partial charge < -0.3 is 9.87 Å². The van der Waals surface area contributed by atoms with Gasteiger partial charge in [-0.2, -0.15) is 5.10 Å². The molecule has 0 aromatic carbocycles. The summed E-state index contributed by atoms with van der Waals surface area (Å²) in [4.78, 5) is 4.38. The molecule has 1 aliphatic carbocycles. The van der Waals surface area contributed by atoms with Gasteiger partial charge >= 0.3 is 0 Å².